The molecular formula is C26H31F3N5O6S2-. The van der Waals surface area contributed by atoms with E-state index >= 15 is 0 Å². The Hall–Kier alpha value is -3.50. The van der Waals surface area contributed by atoms with Gasteiger partial charge in [-0.05, 0) is 70.0 Å². The average Bonchev–Trinajstić information content (AvgIpc) is 3.38. The zero-order valence-corrected chi connectivity index (χ0v) is 24.7. The molecule has 3 N–H and O–H groups in total. The molecule has 1 aromatic heterocycles. The van der Waals surface area contributed by atoms with Crippen LogP contribution in [0.15, 0.2) is 41.4 Å². The lowest BCUT2D eigenvalue weighted by Gasteiger charge is -2.35. The number of anilines is 1. The summed E-state index contributed by atoms with van der Waals surface area (Å²) < 4.78 is 69.4. The highest BCUT2D eigenvalue weighted by molar-refractivity contribution is 7.80. The largest absolute Gasteiger partial charge is 0.755 e. The van der Waals surface area contributed by atoms with Crippen LogP contribution in [0.3, 0.4) is 0 Å². The Morgan fingerprint density at radius 1 is 1.17 bits per heavy atom. The van der Waals surface area contributed by atoms with Gasteiger partial charge in [-0.1, -0.05) is 0 Å². The Bertz CT molecular complexity index is 1320. The van der Waals surface area contributed by atoms with Crippen molar-refractivity contribution in [1.82, 2.24) is 16.0 Å². The number of benzene rings is 1. The maximum atomic E-state index is 13.0. The van der Waals surface area contributed by atoms with Crippen LogP contribution in [0.25, 0.3) is 0 Å². The molecule has 0 fully saturated rings. The van der Waals surface area contributed by atoms with E-state index < -0.39 is 53.1 Å². The fraction of sp³-hybridized carbons (Fsp3) is 0.462. The van der Waals surface area contributed by atoms with Crippen LogP contribution < -0.4 is 20.3 Å². The number of ether oxygens (including phenoxy) is 1. The normalized spacial score (nSPS) is 15.1. The molecule has 2 unspecified atom stereocenters. The first-order valence-electron chi connectivity index (χ1n) is 12.9. The monoisotopic (exact) mass is 630 g/mol. The van der Waals surface area contributed by atoms with Crippen molar-refractivity contribution in [3.8, 4) is 0 Å². The van der Waals surface area contributed by atoms with E-state index in [1.165, 1.54) is 6.07 Å². The van der Waals surface area contributed by atoms with Crippen LogP contribution in [-0.2, 0) is 38.2 Å². The summed E-state index contributed by atoms with van der Waals surface area (Å²) in [5, 5.41) is 8.20. The molecule has 0 radical (unpaired) electrons. The molecule has 42 heavy (non-hydrogen) atoms. The number of amides is 2. The predicted molar refractivity (Wildman–Crippen MR) is 151 cm³/mol. The van der Waals surface area contributed by atoms with Crippen LogP contribution in [0.1, 0.15) is 53.7 Å². The lowest BCUT2D eigenvalue weighted by Crippen LogP contribution is -2.51. The second-order valence-corrected chi connectivity index (χ2v) is 12.2. The smallest absolute Gasteiger partial charge is 0.416 e. The number of rotatable bonds is 10. The quantitative estimate of drug-likeness (QED) is 0.270. The number of hydrogen-bond acceptors (Lipinski definition) is 9. The minimum atomic E-state index is -4.65. The van der Waals surface area contributed by atoms with Gasteiger partial charge in [-0.3, -0.25) is 28.4 Å². The van der Waals surface area contributed by atoms with Crippen LogP contribution in [0, 0.1) is 0 Å². The Balaban J connectivity index is 1.70. The van der Waals surface area contributed by atoms with Gasteiger partial charge >= 0.3 is 12.1 Å². The first-order valence-corrected chi connectivity index (χ1v) is 14.7. The van der Waals surface area contributed by atoms with Gasteiger partial charge in [0.15, 0.2) is 12.0 Å². The van der Waals surface area contributed by atoms with Gasteiger partial charge in [-0.15, -0.1) is 11.3 Å². The van der Waals surface area contributed by atoms with Crippen molar-refractivity contribution in [3.05, 3.63) is 51.7 Å². The number of carbonyl (C=O) groups is 3. The number of hydrogen-bond donors (Lipinski definition) is 3. The summed E-state index contributed by atoms with van der Waals surface area (Å²) in [6, 6.07) is 4.78. The van der Waals surface area contributed by atoms with Crippen molar-refractivity contribution in [2.75, 3.05) is 23.9 Å². The van der Waals surface area contributed by atoms with Crippen molar-refractivity contribution in [3.63, 3.8) is 0 Å². The van der Waals surface area contributed by atoms with Gasteiger partial charge in [-0.2, -0.15) is 13.2 Å². The average molecular weight is 631 g/mol. The number of thiophene rings is 1. The predicted octanol–water partition coefficient (Wildman–Crippen LogP) is 2.91. The summed E-state index contributed by atoms with van der Waals surface area (Å²) in [4.78, 5) is 43.3. The van der Waals surface area contributed by atoms with Gasteiger partial charge in [0.2, 0.25) is 5.91 Å². The molecule has 1 aromatic carbocycles. The third-order valence-electron chi connectivity index (χ3n) is 5.67. The van der Waals surface area contributed by atoms with E-state index in [1.54, 1.807) is 26.8 Å². The van der Waals surface area contributed by atoms with Gasteiger partial charge in [0.1, 0.15) is 5.60 Å². The minimum absolute atomic E-state index is 0.153. The highest BCUT2D eigenvalue weighted by Gasteiger charge is 2.34. The number of nitrogens with one attached hydrogen (secondary N) is 3. The Morgan fingerprint density at radius 3 is 2.43 bits per heavy atom. The van der Waals surface area contributed by atoms with Crippen molar-refractivity contribution in [2.24, 2.45) is 4.99 Å². The fourth-order valence-corrected chi connectivity index (χ4v) is 5.34. The first kappa shape index (κ1) is 33.0. The molecule has 1 aliphatic heterocycles. The molecule has 0 saturated carbocycles. The van der Waals surface area contributed by atoms with Crippen molar-refractivity contribution >= 4 is 52.0 Å². The summed E-state index contributed by atoms with van der Waals surface area (Å²) in [7, 11) is 0. The summed E-state index contributed by atoms with van der Waals surface area (Å²) >= 11 is -2.01. The number of alkyl halides is 3. The molecule has 0 saturated heterocycles. The van der Waals surface area contributed by atoms with Gasteiger partial charge in [-0.25, -0.2) is 4.79 Å². The number of esters is 1. The number of halogens is 3. The zero-order valence-electron chi connectivity index (χ0n) is 23.1. The Kier molecular flexibility index (Phi) is 11.1. The number of nitrogens with zero attached hydrogens (tertiary/aromatic N) is 2. The second kappa shape index (κ2) is 14.1. The van der Waals surface area contributed by atoms with Crippen molar-refractivity contribution in [2.45, 2.75) is 57.9 Å². The molecule has 1 aliphatic rings. The highest BCUT2D eigenvalue weighted by atomic mass is 32.2. The molecular weight excluding hydrogens is 599 g/mol. The van der Waals surface area contributed by atoms with E-state index in [2.05, 4.69) is 20.9 Å². The number of guanidine groups is 1. The van der Waals surface area contributed by atoms with Crippen LogP contribution in [-0.4, -0.2) is 63.8 Å². The van der Waals surface area contributed by atoms with Crippen LogP contribution >= 0.6 is 11.3 Å². The molecule has 3 rings (SSSR count). The lowest BCUT2D eigenvalue weighted by atomic mass is 10.1. The van der Waals surface area contributed by atoms with E-state index in [1.807, 2.05) is 0 Å². The van der Waals surface area contributed by atoms with E-state index in [0.717, 1.165) is 41.3 Å². The van der Waals surface area contributed by atoms with E-state index in [-0.39, 0.29) is 22.9 Å². The van der Waals surface area contributed by atoms with Crippen molar-refractivity contribution < 1.29 is 41.1 Å². The molecule has 16 heteroatoms. The van der Waals surface area contributed by atoms with Gasteiger partial charge in [0.05, 0.1) is 17.0 Å². The van der Waals surface area contributed by atoms with Crippen LogP contribution in [0.4, 0.5) is 18.9 Å². The highest BCUT2D eigenvalue weighted by Crippen LogP contribution is 2.31. The molecule has 11 nitrogen and oxygen atoms in total. The third-order valence-corrected chi connectivity index (χ3v) is 7.60. The Morgan fingerprint density at radius 2 is 1.86 bits per heavy atom. The molecule has 230 valence electrons. The second-order valence-electron chi connectivity index (χ2n) is 10.2. The van der Waals surface area contributed by atoms with E-state index in [0.29, 0.717) is 35.4 Å². The standard InChI is InChI=1S/C26H32F3N5O6S2/c1-25(2,3)40-23(37)19(34(42(38)39)17-7-5-16(6-8-17)26(27,28)29)15-32-22(36)20-11-9-18(41-20)10-12-21(35)33-24-30-13-4-14-31-24/h5-9,11,19H,4,10,12-15H2,1-3H3,(H,32,36)(H,38,39)(H2,30,31,33,35)/p-1. The molecule has 2 atom stereocenters. The number of carbonyl (C=O) groups excluding carboxylic acids is 3. The molecule has 2 amide bonds. The van der Waals surface area contributed by atoms with Gasteiger partial charge < -0.3 is 19.9 Å². The van der Waals surface area contributed by atoms with E-state index in [9.17, 15) is 36.3 Å². The summed E-state index contributed by atoms with van der Waals surface area (Å²) in [5.41, 5.74) is -2.26. The molecule has 0 aliphatic carbocycles. The topological polar surface area (TPSA) is 152 Å². The van der Waals surface area contributed by atoms with E-state index in [4.69, 9.17) is 4.74 Å². The van der Waals surface area contributed by atoms with Gasteiger partial charge in [0.25, 0.3) is 5.91 Å². The summed E-state index contributed by atoms with van der Waals surface area (Å²) in [6.07, 6.45) is -3.25. The maximum Gasteiger partial charge on any atom is 0.416 e. The number of aryl methyl sites for hydroxylation is 1. The zero-order chi connectivity index (χ0) is 31.1. The molecule has 2 aromatic rings. The lowest BCUT2D eigenvalue weighted by molar-refractivity contribution is -0.156. The van der Waals surface area contributed by atoms with Gasteiger partial charge in [0, 0.05) is 41.3 Å². The minimum Gasteiger partial charge on any atom is -0.755 e. The van der Waals surface area contributed by atoms with Crippen molar-refractivity contribution in [1.29, 1.82) is 0 Å². The Labute approximate surface area is 247 Å². The maximum absolute atomic E-state index is 13.0. The summed E-state index contributed by atoms with van der Waals surface area (Å²) in [5.74, 6) is -1.44. The SMILES string of the molecule is CC(C)(C)OC(=O)C(CNC(=O)c1ccc(CCC(=O)NC2=NCCCN2)s1)N(c1ccc(C(F)(F)F)cc1)S(=O)[O-]. The molecule has 0 bridgehead atoms. The molecule has 2 heterocycles. The van der Waals surface area contributed by atoms with Crippen LogP contribution in [0.2, 0.25) is 0 Å². The first-order chi connectivity index (χ1) is 19.6. The molecule has 0 spiro atoms. The number of aliphatic imine (C=N–C) groups is 1. The van der Waals surface area contributed by atoms with Crippen LogP contribution in [0.5, 0.6) is 0 Å². The summed E-state index contributed by atoms with van der Waals surface area (Å²) in [6.45, 7) is 5.50. The third kappa shape index (κ3) is 9.80. The fourth-order valence-electron chi connectivity index (χ4n) is 3.76.